The van der Waals surface area contributed by atoms with E-state index >= 15 is 0 Å². The van der Waals surface area contributed by atoms with Crippen molar-refractivity contribution in [3.63, 3.8) is 0 Å². The molecule has 0 heteroatoms. The summed E-state index contributed by atoms with van der Waals surface area (Å²) in [6.45, 7) is 6.12. The molecule has 0 heterocycles. The van der Waals surface area contributed by atoms with Gasteiger partial charge < -0.3 is 0 Å². The molecule has 0 spiro atoms. The third-order valence-corrected chi connectivity index (χ3v) is 9.18. The van der Waals surface area contributed by atoms with Crippen molar-refractivity contribution in [1.29, 1.82) is 0 Å². The number of hydrogen-bond acceptors (Lipinski definition) is 0. The lowest BCUT2D eigenvalue weighted by Gasteiger charge is -2.19. The Morgan fingerprint density at radius 1 is 0.444 bits per heavy atom. The molecule has 0 atom stereocenters. The van der Waals surface area contributed by atoms with E-state index < -0.39 is 0 Å². The number of allylic oxidation sites excluding steroid dienone is 3. The first-order valence-corrected chi connectivity index (χ1v) is 15.6. The summed E-state index contributed by atoms with van der Waals surface area (Å²) < 4.78 is 0. The molecule has 0 N–H and O–H groups in total. The molecule has 45 heavy (non-hydrogen) atoms. The molecular formula is C45H32. The Morgan fingerprint density at radius 3 is 1.58 bits per heavy atom. The maximum Gasteiger partial charge on any atom is -0.00261 e. The van der Waals surface area contributed by atoms with Gasteiger partial charge in [0.15, 0.2) is 0 Å². The van der Waals surface area contributed by atoms with Gasteiger partial charge in [-0.25, -0.2) is 0 Å². The van der Waals surface area contributed by atoms with Crippen molar-refractivity contribution in [2.24, 2.45) is 0 Å². The first kappa shape index (κ1) is 26.9. The Labute approximate surface area is 264 Å². The molecule has 0 nitrogen and oxygen atoms in total. The van der Waals surface area contributed by atoms with E-state index in [1.54, 1.807) is 0 Å². The molecule has 0 aliphatic carbocycles. The zero-order valence-corrected chi connectivity index (χ0v) is 25.3. The number of benzene rings is 8. The Morgan fingerprint density at radius 2 is 0.978 bits per heavy atom. The van der Waals surface area contributed by atoms with Crippen molar-refractivity contribution < 1.29 is 0 Å². The first-order valence-electron chi connectivity index (χ1n) is 15.6. The maximum absolute atomic E-state index is 4.05. The lowest BCUT2D eigenvalue weighted by Crippen LogP contribution is -1.92. The van der Waals surface area contributed by atoms with Crippen LogP contribution in [0.3, 0.4) is 0 Å². The summed E-state index contributed by atoms with van der Waals surface area (Å²) in [6, 6.07) is 55.6. The summed E-state index contributed by atoms with van der Waals surface area (Å²) in [7, 11) is 0. The van der Waals surface area contributed by atoms with Crippen LogP contribution in [0.1, 0.15) is 12.5 Å². The van der Waals surface area contributed by atoms with Gasteiger partial charge in [0.1, 0.15) is 0 Å². The molecule has 0 unspecified atom stereocenters. The zero-order chi connectivity index (χ0) is 30.3. The average Bonchev–Trinajstić information content (AvgIpc) is 3.11. The highest BCUT2D eigenvalue weighted by atomic mass is 14.2. The van der Waals surface area contributed by atoms with Gasteiger partial charge in [-0.3, -0.25) is 0 Å². The van der Waals surface area contributed by atoms with Crippen LogP contribution in [0, 0.1) is 0 Å². The first-order chi connectivity index (χ1) is 22.2. The van der Waals surface area contributed by atoms with Gasteiger partial charge in [-0.05, 0) is 113 Å². The van der Waals surface area contributed by atoms with E-state index in [2.05, 4.69) is 171 Å². The minimum atomic E-state index is 1.14. The molecule has 0 amide bonds. The zero-order valence-electron chi connectivity index (χ0n) is 25.3. The van der Waals surface area contributed by atoms with Gasteiger partial charge in [-0.2, -0.15) is 0 Å². The van der Waals surface area contributed by atoms with E-state index in [4.69, 9.17) is 0 Å². The summed E-state index contributed by atoms with van der Waals surface area (Å²) in [5.74, 6) is 0. The standard InChI is InChI=1S/C45H32/c1-3-30(4-2)32-17-14-18-34(27-32)44-38-21-10-12-23-40(38)45(41-24-13-11-22-39(41)44)35-26-25-33-28-42(31-15-6-5-7-16-31)36-19-8-9-20-37(36)43(33)29-35/h3-29H,1H2,2H3/b30-4+. The topological polar surface area (TPSA) is 0 Å². The number of hydrogen-bond donors (Lipinski definition) is 0. The van der Waals surface area contributed by atoms with Gasteiger partial charge in [-0.1, -0.05) is 152 Å². The van der Waals surface area contributed by atoms with Crippen LogP contribution in [0.4, 0.5) is 0 Å². The lowest BCUT2D eigenvalue weighted by molar-refractivity contribution is 1.59. The van der Waals surface area contributed by atoms with Crippen LogP contribution in [-0.2, 0) is 0 Å². The van der Waals surface area contributed by atoms with Crippen LogP contribution in [0.15, 0.2) is 170 Å². The molecule has 0 aliphatic heterocycles. The van der Waals surface area contributed by atoms with E-state index in [0.29, 0.717) is 0 Å². The number of fused-ring (bicyclic) bond motifs is 5. The quantitative estimate of drug-likeness (QED) is 0.109. The van der Waals surface area contributed by atoms with Crippen molar-refractivity contribution in [3.05, 3.63) is 176 Å². The van der Waals surface area contributed by atoms with Crippen molar-refractivity contribution in [2.45, 2.75) is 6.92 Å². The minimum Gasteiger partial charge on any atom is -0.0985 e. The Kier molecular flexibility index (Phi) is 6.62. The third kappa shape index (κ3) is 4.46. The van der Waals surface area contributed by atoms with Crippen LogP contribution in [-0.4, -0.2) is 0 Å². The summed E-state index contributed by atoms with van der Waals surface area (Å²) in [4.78, 5) is 0. The van der Waals surface area contributed by atoms with E-state index in [1.165, 1.54) is 82.0 Å². The fourth-order valence-corrected chi connectivity index (χ4v) is 7.12. The highest BCUT2D eigenvalue weighted by Gasteiger charge is 2.18. The molecule has 212 valence electrons. The van der Waals surface area contributed by atoms with Crippen molar-refractivity contribution in [1.82, 2.24) is 0 Å². The van der Waals surface area contributed by atoms with Gasteiger partial charge in [0.25, 0.3) is 0 Å². The summed E-state index contributed by atoms with van der Waals surface area (Å²) in [5, 5.41) is 10.1. The van der Waals surface area contributed by atoms with Gasteiger partial charge in [-0.15, -0.1) is 0 Å². The van der Waals surface area contributed by atoms with E-state index in [-0.39, 0.29) is 0 Å². The summed E-state index contributed by atoms with van der Waals surface area (Å²) >= 11 is 0. The molecule has 0 radical (unpaired) electrons. The predicted octanol–water partition coefficient (Wildman–Crippen LogP) is 12.9. The largest absolute Gasteiger partial charge is 0.0985 e. The Hall–Kier alpha value is -5.72. The van der Waals surface area contributed by atoms with Crippen LogP contribution >= 0.6 is 0 Å². The van der Waals surface area contributed by atoms with Gasteiger partial charge >= 0.3 is 0 Å². The molecule has 0 aromatic heterocycles. The second-order valence-electron chi connectivity index (χ2n) is 11.6. The fourth-order valence-electron chi connectivity index (χ4n) is 7.12. The van der Waals surface area contributed by atoms with Crippen LogP contribution in [0.2, 0.25) is 0 Å². The lowest BCUT2D eigenvalue weighted by atomic mass is 9.84. The van der Waals surface area contributed by atoms with Crippen LogP contribution in [0.5, 0.6) is 0 Å². The van der Waals surface area contributed by atoms with Crippen LogP contribution < -0.4 is 0 Å². The molecular weight excluding hydrogens is 540 g/mol. The fraction of sp³-hybridized carbons (Fsp3) is 0.0222. The number of rotatable bonds is 5. The molecule has 8 rings (SSSR count). The second-order valence-corrected chi connectivity index (χ2v) is 11.6. The average molecular weight is 573 g/mol. The van der Waals surface area contributed by atoms with E-state index in [0.717, 1.165) is 5.57 Å². The molecule has 8 aromatic carbocycles. The van der Waals surface area contributed by atoms with Crippen molar-refractivity contribution >= 4 is 48.7 Å². The molecule has 0 bridgehead atoms. The van der Waals surface area contributed by atoms with Crippen LogP contribution in [0.25, 0.3) is 82.0 Å². The monoisotopic (exact) mass is 572 g/mol. The smallest absolute Gasteiger partial charge is 0.00261 e. The van der Waals surface area contributed by atoms with E-state index in [1.807, 2.05) is 6.08 Å². The predicted molar refractivity (Wildman–Crippen MR) is 197 cm³/mol. The van der Waals surface area contributed by atoms with Gasteiger partial charge in [0, 0.05) is 0 Å². The van der Waals surface area contributed by atoms with E-state index in [9.17, 15) is 0 Å². The Balaban J connectivity index is 1.42. The molecule has 8 aromatic rings. The normalized spacial score (nSPS) is 11.9. The third-order valence-electron chi connectivity index (χ3n) is 9.18. The summed E-state index contributed by atoms with van der Waals surface area (Å²) in [5.41, 5.74) is 9.82. The van der Waals surface area contributed by atoms with Gasteiger partial charge in [0.05, 0.1) is 0 Å². The minimum absolute atomic E-state index is 1.14. The highest BCUT2D eigenvalue weighted by molar-refractivity contribution is 6.23. The molecule has 0 fully saturated rings. The van der Waals surface area contributed by atoms with Crippen molar-refractivity contribution in [3.8, 4) is 33.4 Å². The highest BCUT2D eigenvalue weighted by Crippen LogP contribution is 2.45. The SMILES string of the molecule is C=C/C(=C\C)c1cccc(-c2c3ccccc3c(-c3ccc4cc(-c5ccccc5)c5ccccc5c4c3)c3ccccc23)c1. The van der Waals surface area contributed by atoms with Gasteiger partial charge in [0.2, 0.25) is 0 Å². The molecule has 0 aliphatic rings. The maximum atomic E-state index is 4.05. The Bertz CT molecular complexity index is 2380. The molecule has 0 saturated carbocycles. The summed E-state index contributed by atoms with van der Waals surface area (Å²) in [6.07, 6.45) is 4.06. The second kappa shape index (κ2) is 11.1. The van der Waals surface area contributed by atoms with Crippen molar-refractivity contribution in [2.75, 3.05) is 0 Å². The molecule has 0 saturated heterocycles.